The van der Waals surface area contributed by atoms with E-state index < -0.39 is 28.8 Å². The number of methoxy groups -OCH3 is 2. The number of nitrogens with zero attached hydrogens (tertiary/aromatic N) is 1. The Morgan fingerprint density at radius 1 is 0.882 bits per heavy atom. The molecule has 1 heterocycles. The molecule has 0 aliphatic rings. The second-order valence-corrected chi connectivity index (χ2v) is 7.37. The van der Waals surface area contributed by atoms with Crippen LogP contribution < -0.4 is 20.1 Å². The van der Waals surface area contributed by atoms with Gasteiger partial charge in [0.1, 0.15) is 11.5 Å². The summed E-state index contributed by atoms with van der Waals surface area (Å²) in [5.41, 5.74) is -1.94. The summed E-state index contributed by atoms with van der Waals surface area (Å²) in [6.07, 6.45) is -3.21. The highest BCUT2D eigenvalue weighted by atomic mass is 19.4. The average molecular weight is 468 g/mol. The summed E-state index contributed by atoms with van der Waals surface area (Å²) < 4.78 is 52.0. The Bertz CT molecular complexity index is 1460. The molecule has 174 valence electrons. The number of aromatic carboxylic acids is 1. The van der Waals surface area contributed by atoms with E-state index in [1.165, 1.54) is 31.0 Å². The van der Waals surface area contributed by atoms with Crippen LogP contribution in [0.4, 0.5) is 13.2 Å². The number of fused-ring (bicyclic) bond motifs is 1. The SMILES string of the molecule is COc1ccc(-n2ccc3cc(OC)cc(-c4cc(C(F)(F)F)ccc4C(=O)[O-])c3c2=O)cc1. The molecule has 0 unspecified atom stereocenters. The fourth-order valence-corrected chi connectivity index (χ4v) is 3.75. The van der Waals surface area contributed by atoms with Crippen molar-refractivity contribution in [1.82, 2.24) is 4.57 Å². The second kappa shape index (κ2) is 8.58. The largest absolute Gasteiger partial charge is 0.545 e. The smallest absolute Gasteiger partial charge is 0.416 e. The Balaban J connectivity index is 2.08. The van der Waals surface area contributed by atoms with Gasteiger partial charge in [0.15, 0.2) is 0 Å². The first-order valence-electron chi connectivity index (χ1n) is 9.95. The van der Waals surface area contributed by atoms with Crippen molar-refractivity contribution in [2.24, 2.45) is 0 Å². The Kier molecular flexibility index (Phi) is 5.78. The van der Waals surface area contributed by atoms with E-state index in [0.29, 0.717) is 29.0 Å². The Morgan fingerprint density at radius 3 is 2.15 bits per heavy atom. The summed E-state index contributed by atoms with van der Waals surface area (Å²) in [5, 5.41) is 12.2. The topological polar surface area (TPSA) is 80.6 Å². The minimum absolute atomic E-state index is 0.0208. The molecular formula is C25H17F3NO5-. The minimum atomic E-state index is -4.73. The van der Waals surface area contributed by atoms with Crippen LogP contribution in [-0.4, -0.2) is 24.8 Å². The summed E-state index contributed by atoms with van der Waals surface area (Å²) in [7, 11) is 2.86. The highest BCUT2D eigenvalue weighted by molar-refractivity contribution is 6.03. The number of carboxylic acid groups (broad SMARTS) is 1. The van der Waals surface area contributed by atoms with Crippen LogP contribution in [0, 0.1) is 0 Å². The first-order valence-corrected chi connectivity index (χ1v) is 9.95. The molecule has 3 aromatic carbocycles. The molecule has 1 aromatic heterocycles. The first kappa shape index (κ1) is 22.9. The molecule has 0 aliphatic carbocycles. The summed E-state index contributed by atoms with van der Waals surface area (Å²) in [6.45, 7) is 0. The van der Waals surface area contributed by atoms with E-state index in [2.05, 4.69) is 0 Å². The molecule has 4 aromatic rings. The summed E-state index contributed by atoms with van der Waals surface area (Å²) in [4.78, 5) is 25.3. The van der Waals surface area contributed by atoms with Crippen molar-refractivity contribution in [3.05, 3.63) is 88.3 Å². The van der Waals surface area contributed by atoms with Crippen LogP contribution in [-0.2, 0) is 6.18 Å². The zero-order chi connectivity index (χ0) is 24.6. The minimum Gasteiger partial charge on any atom is -0.545 e. The maximum absolute atomic E-state index is 13.5. The highest BCUT2D eigenvalue weighted by Gasteiger charge is 2.31. The number of alkyl halides is 3. The van der Waals surface area contributed by atoms with Crippen LogP contribution in [0.15, 0.2) is 71.7 Å². The zero-order valence-electron chi connectivity index (χ0n) is 18.0. The average Bonchev–Trinajstić information content (AvgIpc) is 2.82. The van der Waals surface area contributed by atoms with Gasteiger partial charge in [-0.3, -0.25) is 9.36 Å². The van der Waals surface area contributed by atoms with Crippen molar-refractivity contribution in [3.8, 4) is 28.3 Å². The van der Waals surface area contributed by atoms with Gasteiger partial charge in [0.25, 0.3) is 5.56 Å². The Hall–Kier alpha value is -4.27. The summed E-state index contributed by atoms with van der Waals surface area (Å²) in [6, 6.07) is 13.3. The van der Waals surface area contributed by atoms with Crippen molar-refractivity contribution in [2.75, 3.05) is 14.2 Å². The van der Waals surface area contributed by atoms with Gasteiger partial charge in [-0.05, 0) is 71.1 Å². The number of ether oxygens (including phenoxy) is 2. The second-order valence-electron chi connectivity index (χ2n) is 7.37. The molecule has 9 heteroatoms. The standard InChI is InChI=1S/C25H18F3NO5/c1-33-17-6-4-16(5-7-17)29-10-9-14-11-18(34-2)13-21(22(14)23(29)30)20-12-15(25(26,27)28)3-8-19(20)24(31)32/h3-13H,1-2H3,(H,31,32)/p-1. The third-order valence-corrected chi connectivity index (χ3v) is 5.42. The number of halogens is 3. The van der Waals surface area contributed by atoms with Gasteiger partial charge in [-0.25, -0.2) is 0 Å². The van der Waals surface area contributed by atoms with Crippen LogP contribution in [0.3, 0.4) is 0 Å². The summed E-state index contributed by atoms with van der Waals surface area (Å²) >= 11 is 0. The number of hydrogen-bond acceptors (Lipinski definition) is 5. The van der Waals surface area contributed by atoms with Gasteiger partial charge in [0.2, 0.25) is 0 Å². The van der Waals surface area contributed by atoms with Crippen molar-refractivity contribution in [3.63, 3.8) is 0 Å². The molecule has 4 rings (SSSR count). The number of carboxylic acids is 1. The van der Waals surface area contributed by atoms with Crippen LogP contribution in [0.5, 0.6) is 11.5 Å². The third-order valence-electron chi connectivity index (χ3n) is 5.42. The molecule has 0 amide bonds. The number of hydrogen-bond donors (Lipinski definition) is 0. The van der Waals surface area contributed by atoms with Crippen LogP contribution in [0.1, 0.15) is 15.9 Å². The van der Waals surface area contributed by atoms with E-state index in [-0.39, 0.29) is 22.3 Å². The van der Waals surface area contributed by atoms with Crippen molar-refractivity contribution in [1.29, 1.82) is 0 Å². The van der Waals surface area contributed by atoms with Crippen LogP contribution >= 0.6 is 0 Å². The molecule has 0 atom stereocenters. The van der Waals surface area contributed by atoms with Crippen molar-refractivity contribution < 1.29 is 32.5 Å². The molecule has 0 saturated carbocycles. The molecule has 0 saturated heterocycles. The lowest BCUT2D eigenvalue weighted by molar-refractivity contribution is -0.255. The van der Waals surface area contributed by atoms with Gasteiger partial charge in [-0.1, -0.05) is 6.07 Å². The molecule has 0 spiro atoms. The van der Waals surface area contributed by atoms with Gasteiger partial charge in [-0.15, -0.1) is 0 Å². The van der Waals surface area contributed by atoms with Gasteiger partial charge in [-0.2, -0.15) is 13.2 Å². The molecule has 0 bridgehead atoms. The zero-order valence-corrected chi connectivity index (χ0v) is 18.0. The van der Waals surface area contributed by atoms with E-state index >= 15 is 0 Å². The van der Waals surface area contributed by atoms with Crippen molar-refractivity contribution in [2.45, 2.75) is 6.18 Å². The van der Waals surface area contributed by atoms with E-state index in [1.807, 2.05) is 0 Å². The van der Waals surface area contributed by atoms with Crippen LogP contribution in [0.2, 0.25) is 0 Å². The van der Waals surface area contributed by atoms with E-state index in [0.717, 1.165) is 6.07 Å². The lowest BCUT2D eigenvalue weighted by atomic mass is 9.93. The van der Waals surface area contributed by atoms with Gasteiger partial charge in [0, 0.05) is 17.4 Å². The molecular weight excluding hydrogens is 451 g/mol. The maximum Gasteiger partial charge on any atom is 0.416 e. The first-order chi connectivity index (χ1) is 16.1. The molecule has 34 heavy (non-hydrogen) atoms. The fourth-order valence-electron chi connectivity index (χ4n) is 3.75. The molecule has 0 radical (unpaired) electrons. The normalized spacial score (nSPS) is 11.4. The number of aromatic nitrogens is 1. The van der Waals surface area contributed by atoms with E-state index in [9.17, 15) is 27.9 Å². The number of rotatable bonds is 5. The van der Waals surface area contributed by atoms with Crippen LogP contribution in [0.25, 0.3) is 27.6 Å². The highest BCUT2D eigenvalue weighted by Crippen LogP contribution is 2.37. The predicted octanol–water partition coefficient (Wildman–Crippen LogP) is 4.06. The molecule has 6 nitrogen and oxygen atoms in total. The monoisotopic (exact) mass is 468 g/mol. The predicted molar refractivity (Wildman–Crippen MR) is 117 cm³/mol. The Labute approximate surface area is 191 Å². The van der Waals surface area contributed by atoms with Gasteiger partial charge < -0.3 is 19.4 Å². The maximum atomic E-state index is 13.5. The third kappa shape index (κ3) is 4.07. The van der Waals surface area contributed by atoms with Gasteiger partial charge in [0.05, 0.1) is 31.1 Å². The van der Waals surface area contributed by atoms with E-state index in [1.54, 1.807) is 36.4 Å². The van der Waals surface area contributed by atoms with E-state index in [4.69, 9.17) is 9.47 Å². The Morgan fingerprint density at radius 2 is 1.56 bits per heavy atom. The summed E-state index contributed by atoms with van der Waals surface area (Å²) in [5.74, 6) is -0.859. The van der Waals surface area contributed by atoms with Crippen molar-refractivity contribution >= 4 is 16.7 Å². The lowest BCUT2D eigenvalue weighted by Gasteiger charge is -2.17. The molecule has 0 N–H and O–H groups in total. The number of benzene rings is 3. The molecule has 0 fully saturated rings. The number of carbonyl (C=O) groups excluding carboxylic acids is 1. The fraction of sp³-hybridized carbons (Fsp3) is 0.120. The number of carbonyl (C=O) groups is 1. The van der Waals surface area contributed by atoms with Gasteiger partial charge >= 0.3 is 6.18 Å². The lowest BCUT2D eigenvalue weighted by Crippen LogP contribution is -2.24. The quantitative estimate of drug-likeness (QED) is 0.441. The number of pyridine rings is 1. The molecule has 0 aliphatic heterocycles.